The lowest BCUT2D eigenvalue weighted by atomic mass is 10.2. The van der Waals surface area contributed by atoms with E-state index in [9.17, 15) is 0 Å². The number of aliphatic hydroxyl groups excluding tert-OH is 1. The van der Waals surface area contributed by atoms with Crippen molar-refractivity contribution in [1.29, 1.82) is 0 Å². The van der Waals surface area contributed by atoms with Gasteiger partial charge in [0.1, 0.15) is 0 Å². The number of nitrogens with zero attached hydrogens (tertiary/aromatic N) is 2. The molecular weight excluding hydrogens is 256 g/mol. The Morgan fingerprint density at radius 3 is 3.05 bits per heavy atom. The maximum Gasteiger partial charge on any atom is 0.0540 e. The third-order valence-electron chi connectivity index (χ3n) is 3.48. The molecule has 0 spiro atoms. The third-order valence-corrected chi connectivity index (χ3v) is 4.40. The quantitative estimate of drug-likeness (QED) is 0.848. The van der Waals surface area contributed by atoms with Gasteiger partial charge in [0.2, 0.25) is 0 Å². The van der Waals surface area contributed by atoms with Gasteiger partial charge in [-0.1, -0.05) is 11.8 Å². The van der Waals surface area contributed by atoms with Crippen LogP contribution >= 0.6 is 11.3 Å². The number of thiophene rings is 1. The summed E-state index contributed by atoms with van der Waals surface area (Å²) in [6, 6.07) is 2.88. The van der Waals surface area contributed by atoms with Gasteiger partial charge in [-0.25, -0.2) is 0 Å². The van der Waals surface area contributed by atoms with Gasteiger partial charge in [0.15, 0.2) is 0 Å². The van der Waals surface area contributed by atoms with E-state index in [1.165, 1.54) is 17.8 Å². The molecule has 0 amide bonds. The van der Waals surface area contributed by atoms with Crippen LogP contribution in [0.15, 0.2) is 11.4 Å². The van der Waals surface area contributed by atoms with Gasteiger partial charge in [-0.2, -0.15) is 0 Å². The summed E-state index contributed by atoms with van der Waals surface area (Å²) in [6.45, 7) is 3.53. The highest BCUT2D eigenvalue weighted by Gasteiger charge is 2.23. The molecule has 0 radical (unpaired) electrons. The van der Waals surface area contributed by atoms with E-state index >= 15 is 0 Å². The summed E-state index contributed by atoms with van der Waals surface area (Å²) >= 11 is 1.78. The van der Waals surface area contributed by atoms with E-state index in [1.54, 1.807) is 11.3 Å². The van der Waals surface area contributed by atoms with Gasteiger partial charge in [0.05, 0.1) is 6.61 Å². The summed E-state index contributed by atoms with van der Waals surface area (Å²) in [5.41, 5.74) is 1.08. The van der Waals surface area contributed by atoms with Crippen LogP contribution in [0.5, 0.6) is 0 Å². The fourth-order valence-electron chi connectivity index (χ4n) is 2.35. The fourth-order valence-corrected chi connectivity index (χ4v) is 3.20. The maximum atomic E-state index is 8.70. The molecule has 2 rings (SSSR count). The molecule has 1 aromatic heterocycles. The summed E-state index contributed by atoms with van der Waals surface area (Å²) in [6.07, 6.45) is 1.82. The minimum Gasteiger partial charge on any atom is -0.395 e. The van der Waals surface area contributed by atoms with Crippen LogP contribution < -0.4 is 0 Å². The lowest BCUT2D eigenvalue weighted by Gasteiger charge is -2.19. The summed E-state index contributed by atoms with van der Waals surface area (Å²) in [7, 11) is 4.32. The van der Waals surface area contributed by atoms with Crippen molar-refractivity contribution in [2.75, 3.05) is 33.8 Å². The van der Waals surface area contributed by atoms with Crippen molar-refractivity contribution < 1.29 is 5.11 Å². The number of rotatable bonds is 4. The van der Waals surface area contributed by atoms with Crippen molar-refractivity contribution in [2.24, 2.45) is 0 Å². The van der Waals surface area contributed by atoms with Gasteiger partial charge >= 0.3 is 0 Å². The number of aliphatic hydroxyl groups is 1. The van der Waals surface area contributed by atoms with Crippen LogP contribution in [0.25, 0.3) is 0 Å². The number of likely N-dealkylation sites (tertiary alicyclic amines) is 1. The average molecular weight is 278 g/mol. The highest BCUT2D eigenvalue weighted by Crippen LogP contribution is 2.20. The summed E-state index contributed by atoms with van der Waals surface area (Å²) in [5.74, 6) is 6.06. The smallest absolute Gasteiger partial charge is 0.0540 e. The molecule has 1 aliphatic heterocycles. The Labute approximate surface area is 119 Å². The molecule has 2 heterocycles. The molecule has 0 bridgehead atoms. The first-order valence-corrected chi connectivity index (χ1v) is 7.63. The Hall–Kier alpha value is -0.860. The van der Waals surface area contributed by atoms with Crippen molar-refractivity contribution in [3.05, 3.63) is 21.9 Å². The van der Waals surface area contributed by atoms with Crippen LogP contribution in [0.3, 0.4) is 0 Å². The van der Waals surface area contributed by atoms with Crippen molar-refractivity contribution in [2.45, 2.75) is 25.4 Å². The normalized spacial score (nSPS) is 19.7. The second kappa shape index (κ2) is 7.06. The Kier molecular flexibility index (Phi) is 5.41. The molecule has 19 heavy (non-hydrogen) atoms. The molecule has 1 N–H and O–H groups in total. The highest BCUT2D eigenvalue weighted by molar-refractivity contribution is 7.10. The van der Waals surface area contributed by atoms with Crippen LogP contribution in [0.4, 0.5) is 0 Å². The van der Waals surface area contributed by atoms with Crippen molar-refractivity contribution in [3.8, 4) is 11.8 Å². The predicted octanol–water partition coefficient (Wildman–Crippen LogP) is 1.62. The minimum atomic E-state index is 0.143. The Morgan fingerprint density at radius 1 is 1.53 bits per heavy atom. The molecule has 1 atom stereocenters. The van der Waals surface area contributed by atoms with Crippen LogP contribution in [-0.4, -0.2) is 54.7 Å². The van der Waals surface area contributed by atoms with Gasteiger partial charge in [0, 0.05) is 47.9 Å². The van der Waals surface area contributed by atoms with E-state index in [1.807, 2.05) is 0 Å². The number of likely N-dealkylation sites (N-methyl/N-ethyl adjacent to an activating group) is 1. The largest absolute Gasteiger partial charge is 0.395 e. The van der Waals surface area contributed by atoms with E-state index in [4.69, 9.17) is 5.11 Å². The Bertz CT molecular complexity index is 458. The number of hydrogen-bond donors (Lipinski definition) is 1. The van der Waals surface area contributed by atoms with E-state index in [0.717, 1.165) is 18.7 Å². The predicted molar refractivity (Wildman–Crippen MR) is 80.3 cm³/mol. The molecule has 3 nitrogen and oxygen atoms in total. The molecule has 0 aromatic carbocycles. The SMILES string of the molecule is CN(C)C1CCN(Cc2cc(C#CCCO)cs2)C1. The molecule has 1 aliphatic rings. The van der Waals surface area contributed by atoms with Gasteiger partial charge in [-0.05, 0) is 26.6 Å². The second-order valence-electron chi connectivity index (χ2n) is 5.22. The van der Waals surface area contributed by atoms with E-state index in [0.29, 0.717) is 12.5 Å². The minimum absolute atomic E-state index is 0.143. The fraction of sp³-hybridized carbons (Fsp3) is 0.600. The molecule has 104 valence electrons. The maximum absolute atomic E-state index is 8.70. The van der Waals surface area contributed by atoms with Gasteiger partial charge < -0.3 is 10.0 Å². The Morgan fingerprint density at radius 2 is 2.37 bits per heavy atom. The second-order valence-corrected chi connectivity index (χ2v) is 6.21. The average Bonchev–Trinajstić information content (AvgIpc) is 3.00. The first kappa shape index (κ1) is 14.5. The molecule has 1 aromatic rings. The first-order valence-electron chi connectivity index (χ1n) is 6.75. The zero-order chi connectivity index (χ0) is 13.7. The lowest BCUT2D eigenvalue weighted by Crippen LogP contribution is -2.31. The van der Waals surface area contributed by atoms with Crippen molar-refractivity contribution >= 4 is 11.3 Å². The molecular formula is C15H22N2OS. The molecule has 0 saturated carbocycles. The van der Waals surface area contributed by atoms with Crippen LogP contribution in [0, 0.1) is 11.8 Å². The van der Waals surface area contributed by atoms with Crippen LogP contribution in [0.1, 0.15) is 23.3 Å². The van der Waals surface area contributed by atoms with Crippen LogP contribution in [0.2, 0.25) is 0 Å². The lowest BCUT2D eigenvalue weighted by molar-refractivity contribution is 0.266. The zero-order valence-electron chi connectivity index (χ0n) is 11.7. The van der Waals surface area contributed by atoms with Crippen molar-refractivity contribution in [3.63, 3.8) is 0 Å². The summed E-state index contributed by atoms with van der Waals surface area (Å²) in [4.78, 5) is 6.22. The molecule has 0 aliphatic carbocycles. The monoisotopic (exact) mass is 278 g/mol. The van der Waals surface area contributed by atoms with Gasteiger partial charge in [-0.15, -0.1) is 11.3 Å². The van der Waals surface area contributed by atoms with E-state index in [-0.39, 0.29) is 6.61 Å². The molecule has 1 fully saturated rings. The van der Waals surface area contributed by atoms with E-state index < -0.39 is 0 Å². The van der Waals surface area contributed by atoms with Crippen LogP contribution in [-0.2, 0) is 6.54 Å². The van der Waals surface area contributed by atoms with Gasteiger partial charge in [0.25, 0.3) is 0 Å². The Balaban J connectivity index is 1.86. The molecule has 4 heteroatoms. The summed E-state index contributed by atoms with van der Waals surface area (Å²) < 4.78 is 0. The standard InChI is InChI=1S/C15H22N2OS/c1-16(2)14-6-7-17(10-14)11-15-9-13(12-19-15)5-3-4-8-18/h9,12,14,18H,4,6-8,10-11H2,1-2H3. The van der Waals surface area contributed by atoms with Crippen molar-refractivity contribution in [1.82, 2.24) is 9.80 Å². The topological polar surface area (TPSA) is 26.7 Å². The van der Waals surface area contributed by atoms with E-state index in [2.05, 4.69) is 47.2 Å². The third kappa shape index (κ3) is 4.32. The first-order chi connectivity index (χ1) is 9.19. The summed E-state index contributed by atoms with van der Waals surface area (Å²) in [5, 5.41) is 10.8. The molecule has 1 saturated heterocycles. The van der Waals surface area contributed by atoms with Gasteiger partial charge in [-0.3, -0.25) is 4.90 Å². The zero-order valence-corrected chi connectivity index (χ0v) is 12.5. The highest BCUT2D eigenvalue weighted by atomic mass is 32.1. The number of hydrogen-bond acceptors (Lipinski definition) is 4. The molecule has 1 unspecified atom stereocenters.